The number of hydrogen-bond acceptors (Lipinski definition) is 1. The van der Waals surface area contributed by atoms with Crippen LogP contribution < -0.4 is 0 Å². The number of alkyl halides is 1. The Morgan fingerprint density at radius 3 is 2.35 bits per heavy atom. The molecule has 118 valence electrons. The fourth-order valence-electron chi connectivity index (χ4n) is 4.12. The van der Waals surface area contributed by atoms with E-state index >= 15 is 0 Å². The van der Waals surface area contributed by atoms with Gasteiger partial charge in [-0.15, -0.1) is 11.6 Å². The highest BCUT2D eigenvalue weighted by Gasteiger charge is 2.37. The van der Waals surface area contributed by atoms with E-state index in [1.54, 1.807) is 0 Å². The number of ether oxygens (including phenoxy) is 1. The van der Waals surface area contributed by atoms with Crippen LogP contribution in [-0.2, 0) is 4.74 Å². The van der Waals surface area contributed by atoms with Gasteiger partial charge in [0, 0.05) is 12.5 Å². The summed E-state index contributed by atoms with van der Waals surface area (Å²) in [5.41, 5.74) is 0.901. The zero-order chi connectivity index (χ0) is 14.6. The van der Waals surface area contributed by atoms with Crippen molar-refractivity contribution in [2.24, 2.45) is 16.7 Å². The van der Waals surface area contributed by atoms with E-state index < -0.39 is 0 Å². The molecule has 1 aliphatic heterocycles. The lowest BCUT2D eigenvalue weighted by molar-refractivity contribution is 0.0782. The number of halogens is 1. The highest BCUT2D eigenvalue weighted by Crippen LogP contribution is 2.48. The molecule has 1 saturated carbocycles. The van der Waals surface area contributed by atoms with Gasteiger partial charge in [-0.3, -0.25) is 0 Å². The Hall–Kier alpha value is 0.250. The summed E-state index contributed by atoms with van der Waals surface area (Å²) in [7, 11) is 0. The maximum atomic E-state index is 6.36. The fraction of sp³-hybridized carbons (Fsp3) is 1.00. The van der Waals surface area contributed by atoms with Crippen LogP contribution in [0.4, 0.5) is 0 Å². The highest BCUT2D eigenvalue weighted by atomic mass is 35.5. The quantitative estimate of drug-likeness (QED) is 0.583. The van der Waals surface area contributed by atoms with Crippen LogP contribution in [0.25, 0.3) is 0 Å². The fourth-order valence-corrected chi connectivity index (χ4v) is 4.52. The van der Waals surface area contributed by atoms with Gasteiger partial charge < -0.3 is 4.74 Å². The minimum absolute atomic E-state index is 0.432. The molecule has 1 saturated heterocycles. The van der Waals surface area contributed by atoms with Crippen molar-refractivity contribution in [1.82, 2.24) is 0 Å². The third kappa shape index (κ3) is 4.37. The lowest BCUT2D eigenvalue weighted by atomic mass is 9.63. The van der Waals surface area contributed by atoms with Gasteiger partial charge >= 0.3 is 0 Å². The SMILES string of the molecule is CC(C)(C)C1CCC(CCl)(CCCC2CCCO2)CC1. The maximum absolute atomic E-state index is 6.36. The topological polar surface area (TPSA) is 9.23 Å². The van der Waals surface area contributed by atoms with Crippen molar-refractivity contribution < 1.29 is 4.74 Å². The molecule has 0 amide bonds. The molecule has 2 rings (SSSR count). The molecule has 2 heteroatoms. The Morgan fingerprint density at radius 1 is 1.15 bits per heavy atom. The molecule has 20 heavy (non-hydrogen) atoms. The van der Waals surface area contributed by atoms with Gasteiger partial charge in [-0.2, -0.15) is 0 Å². The van der Waals surface area contributed by atoms with E-state index in [0.717, 1.165) is 18.4 Å². The third-order valence-electron chi connectivity index (χ3n) is 5.81. The van der Waals surface area contributed by atoms with E-state index in [9.17, 15) is 0 Å². The summed E-state index contributed by atoms with van der Waals surface area (Å²) in [6, 6.07) is 0. The van der Waals surface area contributed by atoms with E-state index in [4.69, 9.17) is 16.3 Å². The summed E-state index contributed by atoms with van der Waals surface area (Å²) in [5, 5.41) is 0. The Balaban J connectivity index is 1.76. The number of hydrogen-bond donors (Lipinski definition) is 0. The molecule has 1 unspecified atom stereocenters. The molecule has 0 aromatic heterocycles. The van der Waals surface area contributed by atoms with Gasteiger partial charge in [0.15, 0.2) is 0 Å². The van der Waals surface area contributed by atoms with Gasteiger partial charge in [0.1, 0.15) is 0 Å². The van der Waals surface area contributed by atoms with Crippen molar-refractivity contribution >= 4 is 11.6 Å². The first-order chi connectivity index (χ1) is 9.45. The first-order valence-corrected chi connectivity index (χ1v) is 9.16. The Labute approximate surface area is 130 Å². The molecule has 0 bridgehead atoms. The summed E-state index contributed by atoms with van der Waals surface area (Å²) in [4.78, 5) is 0. The van der Waals surface area contributed by atoms with Crippen LogP contribution in [0.15, 0.2) is 0 Å². The van der Waals surface area contributed by atoms with Crippen LogP contribution in [-0.4, -0.2) is 18.6 Å². The lowest BCUT2D eigenvalue weighted by Crippen LogP contribution is -2.34. The molecule has 0 radical (unpaired) electrons. The summed E-state index contributed by atoms with van der Waals surface area (Å²) >= 11 is 6.36. The van der Waals surface area contributed by atoms with Gasteiger partial charge in [0.25, 0.3) is 0 Å². The van der Waals surface area contributed by atoms with Crippen LogP contribution in [0.3, 0.4) is 0 Å². The third-order valence-corrected chi connectivity index (χ3v) is 6.38. The van der Waals surface area contributed by atoms with E-state index in [1.165, 1.54) is 57.8 Å². The molecule has 1 aliphatic carbocycles. The molecular formula is C18H33ClO. The predicted molar refractivity (Wildman–Crippen MR) is 87.4 cm³/mol. The summed E-state index contributed by atoms with van der Waals surface area (Å²) in [6.07, 6.45) is 12.4. The van der Waals surface area contributed by atoms with Crippen LogP contribution in [0, 0.1) is 16.7 Å². The first-order valence-electron chi connectivity index (χ1n) is 8.63. The van der Waals surface area contributed by atoms with E-state index in [0.29, 0.717) is 16.9 Å². The summed E-state index contributed by atoms with van der Waals surface area (Å²) in [5.74, 6) is 1.74. The summed E-state index contributed by atoms with van der Waals surface area (Å²) in [6.45, 7) is 8.16. The minimum Gasteiger partial charge on any atom is -0.378 e. The Bertz CT molecular complexity index is 280. The van der Waals surface area contributed by atoms with Crippen molar-refractivity contribution in [3.63, 3.8) is 0 Å². The van der Waals surface area contributed by atoms with Crippen molar-refractivity contribution in [3.05, 3.63) is 0 Å². The molecule has 1 atom stereocenters. The largest absolute Gasteiger partial charge is 0.378 e. The van der Waals surface area contributed by atoms with Crippen molar-refractivity contribution in [2.45, 2.75) is 84.7 Å². The smallest absolute Gasteiger partial charge is 0.0576 e. The molecule has 0 spiro atoms. The second kappa shape index (κ2) is 7.01. The average Bonchev–Trinajstić information content (AvgIpc) is 2.91. The van der Waals surface area contributed by atoms with Gasteiger partial charge in [0.05, 0.1) is 6.10 Å². The van der Waals surface area contributed by atoms with Gasteiger partial charge in [0.2, 0.25) is 0 Å². The Morgan fingerprint density at radius 2 is 1.85 bits per heavy atom. The van der Waals surface area contributed by atoms with Crippen molar-refractivity contribution in [3.8, 4) is 0 Å². The van der Waals surface area contributed by atoms with Gasteiger partial charge in [-0.05, 0) is 68.1 Å². The molecule has 1 nitrogen and oxygen atoms in total. The van der Waals surface area contributed by atoms with Gasteiger partial charge in [-0.1, -0.05) is 27.2 Å². The maximum Gasteiger partial charge on any atom is 0.0576 e. The highest BCUT2D eigenvalue weighted by molar-refractivity contribution is 6.18. The lowest BCUT2D eigenvalue weighted by Gasteiger charge is -2.43. The van der Waals surface area contributed by atoms with E-state index in [-0.39, 0.29) is 0 Å². The monoisotopic (exact) mass is 300 g/mol. The molecular weight excluding hydrogens is 268 g/mol. The van der Waals surface area contributed by atoms with E-state index in [2.05, 4.69) is 20.8 Å². The predicted octanol–water partition coefficient (Wildman–Crippen LogP) is 5.80. The molecule has 0 N–H and O–H groups in total. The zero-order valence-electron chi connectivity index (χ0n) is 13.7. The van der Waals surface area contributed by atoms with Crippen LogP contribution in [0.5, 0.6) is 0 Å². The Kier molecular flexibility index (Phi) is 5.82. The van der Waals surface area contributed by atoms with Crippen LogP contribution in [0.2, 0.25) is 0 Å². The van der Waals surface area contributed by atoms with Crippen LogP contribution >= 0.6 is 11.6 Å². The summed E-state index contributed by atoms with van der Waals surface area (Å²) < 4.78 is 5.74. The molecule has 2 aliphatic rings. The minimum atomic E-state index is 0.432. The molecule has 0 aromatic rings. The molecule has 0 aromatic carbocycles. The second-order valence-corrected chi connectivity index (χ2v) is 8.57. The first kappa shape index (κ1) is 16.6. The average molecular weight is 301 g/mol. The van der Waals surface area contributed by atoms with Crippen molar-refractivity contribution in [1.29, 1.82) is 0 Å². The van der Waals surface area contributed by atoms with Gasteiger partial charge in [-0.25, -0.2) is 0 Å². The standard InChI is InChI=1S/C18H33ClO/c1-17(2,3)15-8-11-18(14-19,12-9-15)10-4-6-16-7-5-13-20-16/h15-16H,4-14H2,1-3H3. The van der Waals surface area contributed by atoms with E-state index in [1.807, 2.05) is 0 Å². The van der Waals surface area contributed by atoms with Crippen LogP contribution in [0.1, 0.15) is 78.6 Å². The normalized spacial score (nSPS) is 35.4. The zero-order valence-corrected chi connectivity index (χ0v) is 14.5. The molecule has 2 fully saturated rings. The van der Waals surface area contributed by atoms with Crippen molar-refractivity contribution in [2.75, 3.05) is 12.5 Å². The second-order valence-electron chi connectivity index (χ2n) is 8.30. The number of rotatable bonds is 5. The molecule has 1 heterocycles.